The van der Waals surface area contributed by atoms with Gasteiger partial charge in [0.2, 0.25) is 11.8 Å². The van der Waals surface area contributed by atoms with Gasteiger partial charge < -0.3 is 10.6 Å². The fourth-order valence-electron chi connectivity index (χ4n) is 4.20. The van der Waals surface area contributed by atoms with E-state index in [0.29, 0.717) is 24.1 Å². The average Bonchev–Trinajstić information content (AvgIpc) is 3.27. The lowest BCUT2D eigenvalue weighted by Gasteiger charge is -2.26. The van der Waals surface area contributed by atoms with Gasteiger partial charge in [0.05, 0.1) is 6.54 Å². The summed E-state index contributed by atoms with van der Waals surface area (Å²) < 4.78 is 0. The maximum Gasteiger partial charge on any atom is 0.248 e. The Morgan fingerprint density at radius 2 is 2.00 bits per heavy atom. The number of hydrogen-bond acceptors (Lipinski definition) is 3. The standard InChI is InChI=1S/C20H29N3O2/c1-22(18-7-2-3-8-18)14-19(24)23-10-9-16(13-23)11-15-5-4-6-17(12-15)20(21)25/h4-6,12,16,18H,2-3,7-11,13-14H2,1H3,(H2,21,25)/t16-/m1/s1. The first-order chi connectivity index (χ1) is 12.0. The minimum atomic E-state index is -0.389. The van der Waals surface area contributed by atoms with Crippen LogP contribution in [0.2, 0.25) is 0 Å². The Morgan fingerprint density at radius 3 is 2.72 bits per heavy atom. The van der Waals surface area contributed by atoms with Gasteiger partial charge >= 0.3 is 0 Å². The van der Waals surface area contributed by atoms with Crippen LogP contribution in [-0.2, 0) is 11.2 Å². The molecule has 1 aromatic carbocycles. The van der Waals surface area contributed by atoms with Crippen LogP contribution >= 0.6 is 0 Å². The van der Waals surface area contributed by atoms with Gasteiger partial charge in [0.1, 0.15) is 0 Å². The quantitative estimate of drug-likeness (QED) is 0.860. The van der Waals surface area contributed by atoms with E-state index < -0.39 is 0 Å². The fraction of sp³-hybridized carbons (Fsp3) is 0.600. The molecule has 25 heavy (non-hydrogen) atoms. The zero-order valence-corrected chi connectivity index (χ0v) is 15.1. The van der Waals surface area contributed by atoms with Crippen molar-refractivity contribution in [1.29, 1.82) is 0 Å². The van der Waals surface area contributed by atoms with Gasteiger partial charge in [0.25, 0.3) is 0 Å². The minimum Gasteiger partial charge on any atom is -0.366 e. The molecule has 1 aromatic rings. The predicted molar refractivity (Wildman–Crippen MR) is 98.2 cm³/mol. The number of carbonyl (C=O) groups excluding carboxylic acids is 2. The molecule has 1 aliphatic heterocycles. The third-order valence-electron chi connectivity index (χ3n) is 5.71. The highest BCUT2D eigenvalue weighted by Gasteiger charge is 2.28. The number of likely N-dealkylation sites (tertiary alicyclic amines) is 1. The monoisotopic (exact) mass is 343 g/mol. The molecule has 0 unspecified atom stereocenters. The van der Waals surface area contributed by atoms with E-state index in [9.17, 15) is 9.59 Å². The predicted octanol–water partition coefficient (Wildman–Crippen LogP) is 2.05. The second-order valence-corrected chi connectivity index (χ2v) is 7.62. The Morgan fingerprint density at radius 1 is 1.24 bits per heavy atom. The van der Waals surface area contributed by atoms with E-state index in [1.54, 1.807) is 6.07 Å². The lowest BCUT2D eigenvalue weighted by molar-refractivity contribution is -0.131. The zero-order valence-electron chi connectivity index (χ0n) is 15.1. The van der Waals surface area contributed by atoms with Crippen LogP contribution in [0.1, 0.15) is 48.0 Å². The Hall–Kier alpha value is -1.88. The number of carbonyl (C=O) groups is 2. The van der Waals surface area contributed by atoms with Gasteiger partial charge in [-0.1, -0.05) is 25.0 Å². The van der Waals surface area contributed by atoms with Crippen molar-refractivity contribution < 1.29 is 9.59 Å². The normalized spacial score (nSPS) is 21.2. The third-order valence-corrected chi connectivity index (χ3v) is 5.71. The van der Waals surface area contributed by atoms with Gasteiger partial charge in [0, 0.05) is 24.7 Å². The van der Waals surface area contributed by atoms with Crippen LogP contribution in [0, 0.1) is 5.92 Å². The molecule has 2 aliphatic rings. The van der Waals surface area contributed by atoms with Crippen molar-refractivity contribution in [3.8, 4) is 0 Å². The molecular formula is C20H29N3O2. The van der Waals surface area contributed by atoms with E-state index in [4.69, 9.17) is 5.73 Å². The van der Waals surface area contributed by atoms with Crippen molar-refractivity contribution in [3.05, 3.63) is 35.4 Å². The summed E-state index contributed by atoms with van der Waals surface area (Å²) in [4.78, 5) is 28.1. The largest absolute Gasteiger partial charge is 0.366 e. The first-order valence-corrected chi connectivity index (χ1v) is 9.39. The molecule has 2 N–H and O–H groups in total. The third kappa shape index (κ3) is 4.60. The van der Waals surface area contributed by atoms with E-state index in [2.05, 4.69) is 11.9 Å². The van der Waals surface area contributed by atoms with Gasteiger partial charge in [-0.3, -0.25) is 14.5 Å². The van der Waals surface area contributed by atoms with Gasteiger partial charge in [-0.25, -0.2) is 0 Å². The molecule has 5 heteroatoms. The molecule has 0 spiro atoms. The molecule has 0 radical (unpaired) electrons. The van der Waals surface area contributed by atoms with Gasteiger partial charge in [-0.15, -0.1) is 0 Å². The molecule has 1 heterocycles. The molecule has 0 aromatic heterocycles. The average molecular weight is 343 g/mol. The molecular weight excluding hydrogens is 314 g/mol. The Kier molecular flexibility index (Phi) is 5.74. The van der Waals surface area contributed by atoms with Gasteiger partial charge in [0.15, 0.2) is 0 Å². The van der Waals surface area contributed by atoms with Crippen molar-refractivity contribution in [2.75, 3.05) is 26.7 Å². The number of nitrogens with two attached hydrogens (primary N) is 1. The first kappa shape index (κ1) is 17.9. The van der Waals surface area contributed by atoms with Crippen molar-refractivity contribution >= 4 is 11.8 Å². The summed E-state index contributed by atoms with van der Waals surface area (Å²) in [6.07, 6.45) is 6.95. The summed E-state index contributed by atoms with van der Waals surface area (Å²) in [5.74, 6) is 0.326. The van der Waals surface area contributed by atoms with E-state index in [-0.39, 0.29) is 11.8 Å². The molecule has 1 saturated carbocycles. The molecule has 3 rings (SSSR count). The highest BCUT2D eigenvalue weighted by Crippen LogP contribution is 2.24. The number of rotatable bonds is 6. The molecule has 0 bridgehead atoms. The highest BCUT2D eigenvalue weighted by molar-refractivity contribution is 5.92. The fourth-order valence-corrected chi connectivity index (χ4v) is 4.20. The SMILES string of the molecule is CN(CC(=O)N1CC[C@H](Cc2cccc(C(N)=O)c2)C1)C1CCCC1. The topological polar surface area (TPSA) is 66.6 Å². The summed E-state index contributed by atoms with van der Waals surface area (Å²) in [6.45, 7) is 2.20. The van der Waals surface area contributed by atoms with Crippen LogP contribution in [-0.4, -0.2) is 54.3 Å². The Labute approximate surface area is 150 Å². The molecule has 2 amide bonds. The second-order valence-electron chi connectivity index (χ2n) is 7.62. The van der Waals surface area contributed by atoms with Crippen LogP contribution in [0.15, 0.2) is 24.3 Å². The van der Waals surface area contributed by atoms with Crippen molar-refractivity contribution in [3.63, 3.8) is 0 Å². The van der Waals surface area contributed by atoms with Crippen molar-refractivity contribution in [2.45, 2.75) is 44.6 Å². The minimum absolute atomic E-state index is 0.253. The van der Waals surface area contributed by atoms with Crippen molar-refractivity contribution in [1.82, 2.24) is 9.80 Å². The van der Waals surface area contributed by atoms with Gasteiger partial charge in [-0.2, -0.15) is 0 Å². The molecule has 1 atom stereocenters. The summed E-state index contributed by atoms with van der Waals surface area (Å²) >= 11 is 0. The summed E-state index contributed by atoms with van der Waals surface area (Å²) in [7, 11) is 2.08. The molecule has 5 nitrogen and oxygen atoms in total. The van der Waals surface area contributed by atoms with E-state index >= 15 is 0 Å². The first-order valence-electron chi connectivity index (χ1n) is 9.39. The zero-order chi connectivity index (χ0) is 17.8. The molecule has 1 saturated heterocycles. The molecule has 1 aliphatic carbocycles. The van der Waals surface area contributed by atoms with Crippen LogP contribution in [0.5, 0.6) is 0 Å². The number of nitrogens with zero attached hydrogens (tertiary/aromatic N) is 2. The van der Waals surface area contributed by atoms with E-state index in [0.717, 1.165) is 31.5 Å². The van der Waals surface area contributed by atoms with Crippen LogP contribution in [0.25, 0.3) is 0 Å². The highest BCUT2D eigenvalue weighted by atomic mass is 16.2. The lowest BCUT2D eigenvalue weighted by atomic mass is 9.97. The Balaban J connectivity index is 1.50. The van der Waals surface area contributed by atoms with Crippen LogP contribution < -0.4 is 5.73 Å². The number of benzene rings is 1. The molecule has 136 valence electrons. The van der Waals surface area contributed by atoms with E-state index in [1.807, 2.05) is 23.1 Å². The maximum absolute atomic E-state index is 12.6. The van der Waals surface area contributed by atoms with Crippen molar-refractivity contribution in [2.24, 2.45) is 11.7 Å². The van der Waals surface area contributed by atoms with Crippen LogP contribution in [0.3, 0.4) is 0 Å². The second kappa shape index (κ2) is 8.00. The smallest absolute Gasteiger partial charge is 0.248 e. The van der Waals surface area contributed by atoms with Gasteiger partial charge in [-0.05, 0) is 56.3 Å². The maximum atomic E-state index is 12.6. The summed E-state index contributed by atoms with van der Waals surface area (Å²) in [5.41, 5.74) is 7.03. The number of hydrogen-bond donors (Lipinski definition) is 1. The Bertz CT molecular complexity index is 625. The molecule has 2 fully saturated rings. The van der Waals surface area contributed by atoms with E-state index in [1.165, 1.54) is 25.7 Å². The summed E-state index contributed by atoms with van der Waals surface area (Å²) in [6, 6.07) is 8.11. The number of primary amides is 1. The number of amides is 2. The van der Waals surface area contributed by atoms with Crippen LogP contribution in [0.4, 0.5) is 0 Å². The lowest BCUT2D eigenvalue weighted by Crippen LogP contribution is -2.41. The number of likely N-dealkylation sites (N-methyl/N-ethyl adjacent to an activating group) is 1. The summed E-state index contributed by atoms with van der Waals surface area (Å²) in [5, 5.41) is 0.